The number of hydrogen-bond donors (Lipinski definition) is 0. The van der Waals surface area contributed by atoms with E-state index in [9.17, 15) is 13.2 Å². The van der Waals surface area contributed by atoms with Gasteiger partial charge in [0.05, 0.1) is 27.4 Å². The molecule has 2 heterocycles. The van der Waals surface area contributed by atoms with Crippen LogP contribution in [0.5, 0.6) is 0 Å². The first kappa shape index (κ1) is 20.8. The molecule has 0 spiro atoms. The molecule has 1 amide bonds. The van der Waals surface area contributed by atoms with Crippen molar-refractivity contribution in [1.29, 1.82) is 5.26 Å². The molecule has 3 rings (SSSR count). The van der Waals surface area contributed by atoms with E-state index in [1.807, 2.05) is 18.2 Å². The molecule has 1 fully saturated rings. The number of piperidine rings is 1. The number of rotatable bonds is 5. The normalized spacial score (nSPS) is 15.9. The molecule has 9 heteroatoms. The van der Waals surface area contributed by atoms with E-state index in [-0.39, 0.29) is 16.7 Å². The van der Waals surface area contributed by atoms with E-state index in [2.05, 4.69) is 0 Å². The molecule has 1 aliphatic rings. The summed E-state index contributed by atoms with van der Waals surface area (Å²) in [4.78, 5) is 15.6. The monoisotopic (exact) mass is 437 g/mol. The average Bonchev–Trinajstić information content (AvgIpc) is 3.12. The first-order valence-electron chi connectivity index (χ1n) is 8.81. The molecular formula is C19H20ClN3O3S2. The second-order valence-corrected chi connectivity index (χ2v) is 10.5. The van der Waals surface area contributed by atoms with Crippen LogP contribution in [0.2, 0.25) is 4.34 Å². The lowest BCUT2D eigenvalue weighted by Crippen LogP contribution is -2.43. The fourth-order valence-electron chi connectivity index (χ4n) is 3.25. The summed E-state index contributed by atoms with van der Waals surface area (Å²) in [6.07, 6.45) is 0.980. The van der Waals surface area contributed by atoms with Crippen LogP contribution in [-0.4, -0.2) is 43.7 Å². The van der Waals surface area contributed by atoms with E-state index >= 15 is 0 Å². The maximum absolute atomic E-state index is 12.8. The van der Waals surface area contributed by atoms with Gasteiger partial charge in [-0.3, -0.25) is 4.79 Å². The number of carbonyl (C=O) groups is 1. The van der Waals surface area contributed by atoms with Gasteiger partial charge in [-0.25, -0.2) is 8.42 Å². The Balaban J connectivity index is 1.60. The number of halogens is 1. The van der Waals surface area contributed by atoms with E-state index in [0.717, 1.165) is 4.88 Å². The van der Waals surface area contributed by atoms with Gasteiger partial charge >= 0.3 is 0 Å². The Morgan fingerprint density at radius 2 is 1.89 bits per heavy atom. The van der Waals surface area contributed by atoms with Crippen molar-refractivity contribution in [2.75, 3.05) is 20.1 Å². The first-order valence-corrected chi connectivity index (χ1v) is 11.4. The highest BCUT2D eigenvalue weighted by molar-refractivity contribution is 7.89. The summed E-state index contributed by atoms with van der Waals surface area (Å²) in [5.41, 5.74) is 0.415. The highest BCUT2D eigenvalue weighted by atomic mass is 35.5. The van der Waals surface area contributed by atoms with Gasteiger partial charge in [-0.1, -0.05) is 11.6 Å². The molecule has 6 nitrogen and oxygen atoms in total. The number of nitriles is 1. The fourth-order valence-corrected chi connectivity index (χ4v) is 5.86. The van der Waals surface area contributed by atoms with Gasteiger partial charge in [-0.05, 0) is 49.2 Å². The van der Waals surface area contributed by atoms with Crippen LogP contribution in [0.4, 0.5) is 0 Å². The second kappa shape index (κ2) is 8.62. The van der Waals surface area contributed by atoms with Crippen molar-refractivity contribution in [1.82, 2.24) is 9.21 Å². The number of carbonyl (C=O) groups excluding carboxylic acids is 1. The molecule has 0 atom stereocenters. The Labute approximate surface area is 174 Å². The zero-order valence-electron chi connectivity index (χ0n) is 15.3. The van der Waals surface area contributed by atoms with Crippen LogP contribution in [0.1, 0.15) is 23.3 Å². The maximum Gasteiger partial charge on any atom is 0.243 e. The van der Waals surface area contributed by atoms with Crippen molar-refractivity contribution in [2.24, 2.45) is 5.92 Å². The van der Waals surface area contributed by atoms with Gasteiger partial charge in [-0.15, -0.1) is 11.3 Å². The first-order chi connectivity index (χ1) is 13.3. The lowest BCUT2D eigenvalue weighted by Gasteiger charge is -2.32. The molecule has 0 N–H and O–H groups in total. The number of nitrogens with zero attached hydrogens (tertiary/aromatic N) is 3. The molecule has 2 aromatic rings. The highest BCUT2D eigenvalue weighted by Crippen LogP contribution is 2.27. The number of benzene rings is 1. The molecule has 1 aromatic heterocycles. The van der Waals surface area contributed by atoms with Crippen molar-refractivity contribution >= 4 is 38.9 Å². The van der Waals surface area contributed by atoms with Gasteiger partial charge in [0.2, 0.25) is 15.9 Å². The summed E-state index contributed by atoms with van der Waals surface area (Å²) in [5.74, 6) is -0.159. The standard InChI is InChI=1S/C19H20ClN3O3S2/c1-22(13-16-4-7-18(20)27-16)19(24)15-8-10-23(11-9-15)28(25,26)17-5-2-14(12-21)3-6-17/h2-7,15H,8-11,13H2,1H3. The predicted molar refractivity (Wildman–Crippen MR) is 108 cm³/mol. The van der Waals surface area contributed by atoms with Crippen molar-refractivity contribution in [2.45, 2.75) is 24.3 Å². The Morgan fingerprint density at radius 3 is 2.43 bits per heavy atom. The number of sulfonamides is 1. The van der Waals surface area contributed by atoms with E-state index in [0.29, 0.717) is 42.4 Å². The van der Waals surface area contributed by atoms with Crippen molar-refractivity contribution < 1.29 is 13.2 Å². The Hall–Kier alpha value is -1.92. The third kappa shape index (κ3) is 4.55. The van der Waals surface area contributed by atoms with E-state index in [1.54, 1.807) is 11.9 Å². The van der Waals surface area contributed by atoms with E-state index < -0.39 is 10.0 Å². The SMILES string of the molecule is CN(Cc1ccc(Cl)s1)C(=O)C1CCN(S(=O)(=O)c2ccc(C#N)cc2)CC1. The quantitative estimate of drug-likeness (QED) is 0.718. The molecule has 1 aliphatic heterocycles. The maximum atomic E-state index is 12.8. The Bertz CT molecular complexity index is 988. The minimum Gasteiger partial charge on any atom is -0.340 e. The minimum atomic E-state index is -3.62. The van der Waals surface area contributed by atoms with Gasteiger partial charge < -0.3 is 4.90 Å². The van der Waals surface area contributed by atoms with Gasteiger partial charge in [-0.2, -0.15) is 9.57 Å². The van der Waals surface area contributed by atoms with Crippen LogP contribution in [0.15, 0.2) is 41.3 Å². The van der Waals surface area contributed by atoms with Gasteiger partial charge in [0.1, 0.15) is 0 Å². The van der Waals surface area contributed by atoms with E-state index in [1.165, 1.54) is 39.9 Å². The van der Waals surface area contributed by atoms with Gasteiger partial charge in [0, 0.05) is 30.9 Å². The van der Waals surface area contributed by atoms with Crippen LogP contribution >= 0.6 is 22.9 Å². The highest BCUT2D eigenvalue weighted by Gasteiger charge is 2.33. The summed E-state index contributed by atoms with van der Waals surface area (Å²) in [6.45, 7) is 1.11. The Kier molecular flexibility index (Phi) is 6.40. The van der Waals surface area contributed by atoms with Crippen molar-refractivity contribution in [3.05, 3.63) is 51.2 Å². The van der Waals surface area contributed by atoms with Crippen LogP contribution in [0, 0.1) is 17.2 Å². The minimum absolute atomic E-state index is 0.0277. The van der Waals surface area contributed by atoms with Crippen LogP contribution in [0.25, 0.3) is 0 Å². The summed E-state index contributed by atoms with van der Waals surface area (Å²) in [7, 11) is -1.86. The largest absolute Gasteiger partial charge is 0.340 e. The smallest absolute Gasteiger partial charge is 0.243 e. The second-order valence-electron chi connectivity index (χ2n) is 6.71. The third-order valence-electron chi connectivity index (χ3n) is 4.82. The van der Waals surface area contributed by atoms with E-state index in [4.69, 9.17) is 16.9 Å². The summed E-state index contributed by atoms with van der Waals surface area (Å²) < 4.78 is 27.7. The van der Waals surface area contributed by atoms with Crippen molar-refractivity contribution in [3.63, 3.8) is 0 Å². The van der Waals surface area contributed by atoms with Crippen LogP contribution in [-0.2, 0) is 21.4 Å². The molecule has 1 saturated heterocycles. The molecule has 0 radical (unpaired) electrons. The predicted octanol–water partition coefficient (Wildman–Crippen LogP) is 3.33. The van der Waals surface area contributed by atoms with Crippen molar-refractivity contribution in [3.8, 4) is 6.07 Å². The number of amides is 1. The Morgan fingerprint density at radius 1 is 1.25 bits per heavy atom. The topological polar surface area (TPSA) is 81.5 Å². The summed E-state index contributed by atoms with van der Waals surface area (Å²) >= 11 is 7.38. The number of thiophene rings is 1. The molecule has 1 aromatic carbocycles. The molecule has 0 unspecified atom stereocenters. The molecule has 0 saturated carbocycles. The summed E-state index contributed by atoms with van der Waals surface area (Å²) in [6, 6.07) is 11.6. The molecule has 28 heavy (non-hydrogen) atoms. The molecule has 0 aliphatic carbocycles. The zero-order chi connectivity index (χ0) is 20.3. The lowest BCUT2D eigenvalue weighted by atomic mass is 9.96. The zero-order valence-corrected chi connectivity index (χ0v) is 17.7. The molecule has 0 bridgehead atoms. The lowest BCUT2D eigenvalue weighted by molar-refractivity contribution is -0.135. The number of hydrogen-bond acceptors (Lipinski definition) is 5. The van der Waals surface area contributed by atoms with Crippen LogP contribution < -0.4 is 0 Å². The fraction of sp³-hybridized carbons (Fsp3) is 0.368. The van der Waals surface area contributed by atoms with Gasteiger partial charge in [0.15, 0.2) is 0 Å². The third-order valence-corrected chi connectivity index (χ3v) is 7.95. The average molecular weight is 438 g/mol. The van der Waals surface area contributed by atoms with Gasteiger partial charge in [0.25, 0.3) is 0 Å². The van der Waals surface area contributed by atoms with Crippen LogP contribution in [0.3, 0.4) is 0 Å². The molecule has 148 valence electrons. The summed E-state index contributed by atoms with van der Waals surface area (Å²) in [5, 5.41) is 8.85. The molecular weight excluding hydrogens is 418 g/mol.